The second kappa shape index (κ2) is 4.97. The van der Waals surface area contributed by atoms with Crippen LogP contribution in [0, 0.1) is 5.41 Å². The lowest BCUT2D eigenvalue weighted by Gasteiger charge is -2.31. The average molecular weight is 212 g/mol. The first kappa shape index (κ1) is 12.5. The van der Waals surface area contributed by atoms with E-state index < -0.39 is 0 Å². The molecule has 1 rings (SSSR count). The molecule has 15 heavy (non-hydrogen) atoms. The molecule has 1 heterocycles. The largest absolute Gasteiger partial charge is 0.344 e. The normalized spacial score (nSPS) is 22.5. The molecule has 0 aromatic carbocycles. The summed E-state index contributed by atoms with van der Waals surface area (Å²) in [5.74, 6) is 0.254. The van der Waals surface area contributed by atoms with Crippen LogP contribution in [0.15, 0.2) is 0 Å². The van der Waals surface area contributed by atoms with Gasteiger partial charge < -0.3 is 10.2 Å². The molecule has 0 saturated carbocycles. The summed E-state index contributed by atoms with van der Waals surface area (Å²) in [6.45, 7) is 8.28. The summed E-state index contributed by atoms with van der Waals surface area (Å²) in [7, 11) is 1.91. The number of hydrogen-bond acceptors (Lipinski definition) is 2. The molecule has 0 aromatic heterocycles. The van der Waals surface area contributed by atoms with Crippen molar-refractivity contribution in [3.05, 3.63) is 0 Å². The lowest BCUT2D eigenvalue weighted by atomic mass is 9.95. The van der Waals surface area contributed by atoms with Crippen molar-refractivity contribution in [2.24, 2.45) is 5.41 Å². The van der Waals surface area contributed by atoms with Gasteiger partial charge in [-0.25, -0.2) is 0 Å². The molecule has 1 N–H and O–H groups in total. The Morgan fingerprint density at radius 3 is 2.53 bits per heavy atom. The standard InChI is InChI=1S/C12H24N2O/c1-12(2,3)9-14(4)11(15)10-7-5-6-8-13-10/h10,13H,5-9H2,1-4H3/t10-/m1/s1. The van der Waals surface area contributed by atoms with Crippen LogP contribution in [0.25, 0.3) is 0 Å². The van der Waals surface area contributed by atoms with Crippen LogP contribution in [0.1, 0.15) is 40.0 Å². The molecule has 0 bridgehead atoms. The number of nitrogens with zero attached hydrogens (tertiary/aromatic N) is 1. The number of likely N-dealkylation sites (N-methyl/N-ethyl adjacent to an activating group) is 1. The van der Waals surface area contributed by atoms with Gasteiger partial charge in [0.2, 0.25) is 5.91 Å². The summed E-state index contributed by atoms with van der Waals surface area (Å²) in [5, 5.41) is 3.29. The second-order valence-corrected chi connectivity index (χ2v) is 5.76. The molecule has 1 aliphatic heterocycles. The van der Waals surface area contributed by atoms with Crippen LogP contribution in [0.3, 0.4) is 0 Å². The van der Waals surface area contributed by atoms with Crippen LogP contribution < -0.4 is 5.32 Å². The number of carbonyl (C=O) groups excluding carboxylic acids is 1. The van der Waals surface area contributed by atoms with Gasteiger partial charge in [-0.15, -0.1) is 0 Å². The molecule has 0 aromatic rings. The number of nitrogens with one attached hydrogen (secondary N) is 1. The van der Waals surface area contributed by atoms with Gasteiger partial charge in [0.25, 0.3) is 0 Å². The Morgan fingerprint density at radius 2 is 2.07 bits per heavy atom. The van der Waals surface area contributed by atoms with Gasteiger partial charge in [0.1, 0.15) is 0 Å². The molecule has 1 fully saturated rings. The van der Waals surface area contributed by atoms with Crippen molar-refractivity contribution in [3.8, 4) is 0 Å². The third kappa shape index (κ3) is 4.20. The first-order chi connectivity index (χ1) is 6.90. The van der Waals surface area contributed by atoms with Crippen LogP contribution in [0.4, 0.5) is 0 Å². The highest BCUT2D eigenvalue weighted by molar-refractivity contribution is 5.81. The Bertz CT molecular complexity index is 214. The minimum atomic E-state index is 0.0612. The predicted molar refractivity (Wildman–Crippen MR) is 62.7 cm³/mol. The topological polar surface area (TPSA) is 32.3 Å². The first-order valence-electron chi connectivity index (χ1n) is 5.88. The quantitative estimate of drug-likeness (QED) is 0.754. The number of amides is 1. The van der Waals surface area contributed by atoms with E-state index in [1.165, 1.54) is 12.8 Å². The molecular weight excluding hydrogens is 188 g/mol. The van der Waals surface area contributed by atoms with Gasteiger partial charge in [0.15, 0.2) is 0 Å². The maximum Gasteiger partial charge on any atom is 0.239 e. The summed E-state index contributed by atoms with van der Waals surface area (Å²) in [6.07, 6.45) is 3.37. The van der Waals surface area contributed by atoms with Crippen molar-refractivity contribution in [2.75, 3.05) is 20.1 Å². The number of carbonyl (C=O) groups is 1. The summed E-state index contributed by atoms with van der Waals surface area (Å²) in [5.41, 5.74) is 0.180. The zero-order chi connectivity index (χ0) is 11.5. The number of rotatable bonds is 2. The monoisotopic (exact) mass is 212 g/mol. The van der Waals surface area contributed by atoms with Crippen molar-refractivity contribution in [2.45, 2.75) is 46.1 Å². The highest BCUT2D eigenvalue weighted by atomic mass is 16.2. The second-order valence-electron chi connectivity index (χ2n) is 5.76. The molecular formula is C12H24N2O. The minimum Gasteiger partial charge on any atom is -0.344 e. The zero-order valence-corrected chi connectivity index (χ0v) is 10.5. The van der Waals surface area contributed by atoms with Gasteiger partial charge >= 0.3 is 0 Å². The fraction of sp³-hybridized carbons (Fsp3) is 0.917. The molecule has 1 atom stereocenters. The maximum atomic E-state index is 12.0. The maximum absolute atomic E-state index is 12.0. The van der Waals surface area contributed by atoms with Crippen molar-refractivity contribution >= 4 is 5.91 Å². The Kier molecular flexibility index (Phi) is 4.14. The zero-order valence-electron chi connectivity index (χ0n) is 10.5. The third-order valence-corrected chi connectivity index (χ3v) is 2.70. The fourth-order valence-corrected chi connectivity index (χ4v) is 2.12. The van der Waals surface area contributed by atoms with Crippen LogP contribution in [0.2, 0.25) is 0 Å². The van der Waals surface area contributed by atoms with Crippen molar-refractivity contribution < 1.29 is 4.79 Å². The van der Waals surface area contributed by atoms with E-state index in [1.807, 2.05) is 11.9 Å². The van der Waals surface area contributed by atoms with Gasteiger partial charge in [-0.1, -0.05) is 27.2 Å². The van der Waals surface area contributed by atoms with Crippen molar-refractivity contribution in [3.63, 3.8) is 0 Å². The molecule has 0 radical (unpaired) electrons. The van der Waals surface area contributed by atoms with Crippen LogP contribution in [-0.4, -0.2) is 37.0 Å². The van der Waals surface area contributed by atoms with E-state index in [0.717, 1.165) is 19.5 Å². The lowest BCUT2D eigenvalue weighted by Crippen LogP contribution is -2.48. The van der Waals surface area contributed by atoms with E-state index in [9.17, 15) is 4.79 Å². The smallest absolute Gasteiger partial charge is 0.239 e. The molecule has 3 nitrogen and oxygen atoms in total. The van der Waals surface area contributed by atoms with Crippen molar-refractivity contribution in [1.82, 2.24) is 10.2 Å². The van der Waals surface area contributed by atoms with E-state index in [2.05, 4.69) is 26.1 Å². The number of hydrogen-bond donors (Lipinski definition) is 1. The highest BCUT2D eigenvalue weighted by Crippen LogP contribution is 2.16. The van der Waals surface area contributed by atoms with E-state index in [-0.39, 0.29) is 17.4 Å². The summed E-state index contributed by atoms with van der Waals surface area (Å²) < 4.78 is 0. The Morgan fingerprint density at radius 1 is 1.40 bits per heavy atom. The van der Waals surface area contributed by atoms with Gasteiger partial charge in [-0.2, -0.15) is 0 Å². The summed E-state index contributed by atoms with van der Waals surface area (Å²) >= 11 is 0. The molecule has 0 spiro atoms. The minimum absolute atomic E-state index is 0.0612. The molecule has 88 valence electrons. The van der Waals surface area contributed by atoms with E-state index >= 15 is 0 Å². The SMILES string of the molecule is CN(CC(C)(C)C)C(=O)[C@H]1CCCCN1. The van der Waals surface area contributed by atoms with Crippen LogP contribution >= 0.6 is 0 Å². The first-order valence-corrected chi connectivity index (χ1v) is 5.88. The molecule has 1 saturated heterocycles. The van der Waals surface area contributed by atoms with E-state index in [4.69, 9.17) is 0 Å². The van der Waals surface area contributed by atoms with E-state index in [1.54, 1.807) is 0 Å². The Hall–Kier alpha value is -0.570. The van der Waals surface area contributed by atoms with Crippen LogP contribution in [0.5, 0.6) is 0 Å². The lowest BCUT2D eigenvalue weighted by molar-refractivity contribution is -0.133. The molecule has 1 aliphatic rings. The average Bonchev–Trinajstić information content (AvgIpc) is 2.15. The Balaban J connectivity index is 2.44. The predicted octanol–water partition coefficient (Wildman–Crippen LogP) is 1.63. The van der Waals surface area contributed by atoms with Gasteiger partial charge in [-0.05, 0) is 24.8 Å². The van der Waals surface area contributed by atoms with Crippen molar-refractivity contribution in [1.29, 1.82) is 0 Å². The molecule has 3 heteroatoms. The number of piperidine rings is 1. The molecule has 0 unspecified atom stereocenters. The Labute approximate surface area is 93.2 Å². The fourth-order valence-electron chi connectivity index (χ4n) is 2.12. The third-order valence-electron chi connectivity index (χ3n) is 2.70. The van der Waals surface area contributed by atoms with Gasteiger partial charge in [-0.3, -0.25) is 4.79 Å². The molecule has 1 amide bonds. The summed E-state index contributed by atoms with van der Waals surface area (Å²) in [6, 6.07) is 0.0612. The highest BCUT2D eigenvalue weighted by Gasteiger charge is 2.25. The van der Waals surface area contributed by atoms with Gasteiger partial charge in [0.05, 0.1) is 6.04 Å². The van der Waals surface area contributed by atoms with Crippen LogP contribution in [-0.2, 0) is 4.79 Å². The van der Waals surface area contributed by atoms with E-state index in [0.29, 0.717) is 0 Å². The van der Waals surface area contributed by atoms with Gasteiger partial charge in [0, 0.05) is 13.6 Å². The summed E-state index contributed by atoms with van der Waals surface area (Å²) in [4.78, 5) is 13.9. The molecule has 0 aliphatic carbocycles.